The van der Waals surface area contributed by atoms with Crippen LogP contribution in [0.1, 0.15) is 20.3 Å². The van der Waals surface area contributed by atoms with E-state index >= 15 is 0 Å². The summed E-state index contributed by atoms with van der Waals surface area (Å²) in [5.41, 5.74) is 0. The van der Waals surface area contributed by atoms with Gasteiger partial charge in [0.15, 0.2) is 0 Å². The van der Waals surface area contributed by atoms with E-state index in [-0.39, 0.29) is 18.1 Å². The zero-order valence-electron chi connectivity index (χ0n) is 7.49. The smallest absolute Gasteiger partial charge is 0.142 e. The van der Waals surface area contributed by atoms with Gasteiger partial charge in [0.2, 0.25) is 0 Å². The van der Waals surface area contributed by atoms with Crippen molar-refractivity contribution < 1.29 is 9.53 Å². The van der Waals surface area contributed by atoms with Crippen molar-refractivity contribution in [3.8, 4) is 0 Å². The number of rotatable bonds is 1. The van der Waals surface area contributed by atoms with Gasteiger partial charge in [0, 0.05) is 12.3 Å². The molecule has 0 unspecified atom stereocenters. The SMILES string of the molecule is CC(C)[C@@H]1C(=O)C[C@@H]2C=C[C@H]1O2. The van der Waals surface area contributed by atoms with Crippen molar-refractivity contribution in [2.24, 2.45) is 11.8 Å². The predicted octanol–water partition coefficient (Wildman–Crippen LogP) is 1.55. The van der Waals surface area contributed by atoms with Gasteiger partial charge in [0.05, 0.1) is 12.2 Å². The Bertz CT molecular complexity index is 230. The number of carbonyl (C=O) groups is 1. The molecule has 2 heterocycles. The van der Waals surface area contributed by atoms with Gasteiger partial charge in [-0.25, -0.2) is 0 Å². The van der Waals surface area contributed by atoms with Crippen molar-refractivity contribution in [1.29, 1.82) is 0 Å². The van der Waals surface area contributed by atoms with Crippen molar-refractivity contribution >= 4 is 5.78 Å². The van der Waals surface area contributed by atoms with E-state index in [0.717, 1.165) is 0 Å². The third-order valence-electron chi connectivity index (χ3n) is 2.69. The van der Waals surface area contributed by atoms with Gasteiger partial charge in [0.25, 0.3) is 0 Å². The Kier molecular flexibility index (Phi) is 1.80. The fourth-order valence-electron chi connectivity index (χ4n) is 2.12. The molecule has 0 saturated carbocycles. The van der Waals surface area contributed by atoms with E-state index in [9.17, 15) is 4.79 Å². The highest BCUT2D eigenvalue weighted by atomic mass is 16.5. The molecule has 1 saturated heterocycles. The third-order valence-corrected chi connectivity index (χ3v) is 2.69. The van der Waals surface area contributed by atoms with Crippen LogP contribution in [0.25, 0.3) is 0 Å². The molecule has 0 radical (unpaired) electrons. The van der Waals surface area contributed by atoms with Crippen LogP contribution in [-0.2, 0) is 9.53 Å². The lowest BCUT2D eigenvalue weighted by Gasteiger charge is -2.30. The average Bonchev–Trinajstić information content (AvgIpc) is 2.31. The topological polar surface area (TPSA) is 26.3 Å². The molecule has 0 N–H and O–H groups in total. The molecule has 3 atom stereocenters. The summed E-state index contributed by atoms with van der Waals surface area (Å²) in [6.07, 6.45) is 4.79. The minimum atomic E-state index is 0.0660. The summed E-state index contributed by atoms with van der Waals surface area (Å²) >= 11 is 0. The number of carbonyl (C=O) groups excluding carboxylic acids is 1. The second kappa shape index (κ2) is 2.70. The van der Waals surface area contributed by atoms with Crippen LogP contribution >= 0.6 is 0 Å². The first kappa shape index (κ1) is 7.99. The fraction of sp³-hybridized carbons (Fsp3) is 0.700. The molecule has 0 aromatic carbocycles. The molecule has 12 heavy (non-hydrogen) atoms. The van der Waals surface area contributed by atoms with Gasteiger partial charge in [-0.3, -0.25) is 4.79 Å². The van der Waals surface area contributed by atoms with Crippen LogP contribution in [0.4, 0.5) is 0 Å². The molecule has 66 valence electrons. The molecule has 0 spiro atoms. The number of hydrogen-bond acceptors (Lipinski definition) is 2. The monoisotopic (exact) mass is 166 g/mol. The lowest BCUT2D eigenvalue weighted by molar-refractivity contribution is -0.138. The summed E-state index contributed by atoms with van der Waals surface area (Å²) in [4.78, 5) is 11.6. The van der Waals surface area contributed by atoms with Crippen LogP contribution in [0.5, 0.6) is 0 Å². The van der Waals surface area contributed by atoms with Crippen LogP contribution in [0, 0.1) is 11.8 Å². The molecule has 1 fully saturated rings. The first-order valence-electron chi connectivity index (χ1n) is 4.55. The molecule has 2 aliphatic heterocycles. The standard InChI is InChI=1S/C10H14O2/c1-6(2)10-8(11)5-7-3-4-9(10)12-7/h3-4,6-7,9-10H,5H2,1-2H3/t7-,9+,10+/m0/s1. The number of Topliss-reactive ketones (excluding diaryl/α,β-unsaturated/α-hetero) is 1. The van der Waals surface area contributed by atoms with Crippen LogP contribution in [0.3, 0.4) is 0 Å². The van der Waals surface area contributed by atoms with E-state index in [0.29, 0.717) is 18.1 Å². The minimum Gasteiger partial charge on any atom is -0.366 e. The van der Waals surface area contributed by atoms with Gasteiger partial charge in [-0.1, -0.05) is 26.0 Å². The van der Waals surface area contributed by atoms with E-state index in [1.165, 1.54) is 0 Å². The Hall–Kier alpha value is -0.630. The number of fused-ring (bicyclic) bond motifs is 2. The second-order valence-corrected chi connectivity index (χ2v) is 3.96. The molecule has 0 aliphatic carbocycles. The minimum absolute atomic E-state index is 0.0660. The first-order valence-corrected chi connectivity index (χ1v) is 4.55. The molecule has 2 rings (SSSR count). The molecule has 0 aromatic heterocycles. The van der Waals surface area contributed by atoms with Gasteiger partial charge in [-0.15, -0.1) is 0 Å². The zero-order chi connectivity index (χ0) is 8.72. The Morgan fingerprint density at radius 2 is 2.25 bits per heavy atom. The second-order valence-electron chi connectivity index (χ2n) is 3.96. The van der Waals surface area contributed by atoms with Gasteiger partial charge >= 0.3 is 0 Å². The summed E-state index contributed by atoms with van der Waals surface area (Å²) in [6, 6.07) is 0. The van der Waals surface area contributed by atoms with Crippen molar-refractivity contribution in [2.45, 2.75) is 32.5 Å². The summed E-state index contributed by atoms with van der Waals surface area (Å²) in [5.74, 6) is 0.863. The van der Waals surface area contributed by atoms with Gasteiger partial charge < -0.3 is 4.74 Å². The van der Waals surface area contributed by atoms with Crippen molar-refractivity contribution in [2.75, 3.05) is 0 Å². The fourth-order valence-corrected chi connectivity index (χ4v) is 2.12. The molecule has 2 aliphatic rings. The summed E-state index contributed by atoms with van der Waals surface area (Å²) in [7, 11) is 0. The lowest BCUT2D eigenvalue weighted by Crippen LogP contribution is -2.39. The molecule has 0 aromatic rings. The molecule has 0 amide bonds. The molecule has 2 bridgehead atoms. The maximum absolute atomic E-state index is 11.6. The van der Waals surface area contributed by atoms with E-state index in [1.54, 1.807) is 0 Å². The molecular formula is C10H14O2. The summed E-state index contributed by atoms with van der Waals surface area (Å²) in [6.45, 7) is 4.16. The summed E-state index contributed by atoms with van der Waals surface area (Å²) < 4.78 is 5.61. The average molecular weight is 166 g/mol. The highest BCUT2D eigenvalue weighted by molar-refractivity contribution is 5.84. The van der Waals surface area contributed by atoms with E-state index in [4.69, 9.17) is 4.74 Å². The predicted molar refractivity (Wildman–Crippen MR) is 45.8 cm³/mol. The third kappa shape index (κ3) is 1.11. The number of ketones is 1. The maximum Gasteiger partial charge on any atom is 0.142 e. The largest absolute Gasteiger partial charge is 0.366 e. The molecule has 2 nitrogen and oxygen atoms in total. The number of hydrogen-bond donors (Lipinski definition) is 0. The zero-order valence-corrected chi connectivity index (χ0v) is 7.49. The maximum atomic E-state index is 11.6. The van der Waals surface area contributed by atoms with Gasteiger partial charge in [-0.05, 0) is 5.92 Å². The van der Waals surface area contributed by atoms with Crippen LogP contribution in [-0.4, -0.2) is 18.0 Å². The highest BCUT2D eigenvalue weighted by Crippen LogP contribution is 2.33. The first-order chi connectivity index (χ1) is 5.68. The van der Waals surface area contributed by atoms with E-state index in [1.807, 2.05) is 12.2 Å². The Morgan fingerprint density at radius 3 is 2.92 bits per heavy atom. The van der Waals surface area contributed by atoms with Gasteiger partial charge in [0.1, 0.15) is 5.78 Å². The van der Waals surface area contributed by atoms with Crippen molar-refractivity contribution in [3.05, 3.63) is 12.2 Å². The highest BCUT2D eigenvalue weighted by Gasteiger charge is 2.40. The Balaban J connectivity index is 2.20. The number of ether oxygens (including phenoxy) is 1. The van der Waals surface area contributed by atoms with E-state index in [2.05, 4.69) is 13.8 Å². The summed E-state index contributed by atoms with van der Waals surface area (Å²) in [5, 5.41) is 0. The van der Waals surface area contributed by atoms with E-state index < -0.39 is 0 Å². The van der Waals surface area contributed by atoms with Crippen molar-refractivity contribution in [1.82, 2.24) is 0 Å². The molecular weight excluding hydrogens is 152 g/mol. The van der Waals surface area contributed by atoms with Crippen LogP contribution in [0.15, 0.2) is 12.2 Å². The quantitative estimate of drug-likeness (QED) is 0.552. The molecule has 2 heteroatoms. The Morgan fingerprint density at radius 1 is 1.50 bits per heavy atom. The normalized spacial score (nSPS) is 39.6. The van der Waals surface area contributed by atoms with Gasteiger partial charge in [-0.2, -0.15) is 0 Å². The van der Waals surface area contributed by atoms with Crippen molar-refractivity contribution in [3.63, 3.8) is 0 Å². The van der Waals surface area contributed by atoms with Crippen LogP contribution in [0.2, 0.25) is 0 Å². The van der Waals surface area contributed by atoms with Crippen LogP contribution < -0.4 is 0 Å². The lowest BCUT2D eigenvalue weighted by atomic mass is 9.84. The Labute approximate surface area is 72.6 Å².